The molecule has 1 amide bonds. The molecule has 0 bridgehead atoms. The van der Waals surface area contributed by atoms with E-state index in [4.69, 9.17) is 4.74 Å². The van der Waals surface area contributed by atoms with Crippen LogP contribution in [0.3, 0.4) is 0 Å². The topological polar surface area (TPSA) is 55.3 Å². The molecule has 0 spiro atoms. The number of ether oxygens (including phenoxy) is 1. The summed E-state index contributed by atoms with van der Waals surface area (Å²) in [4.78, 5) is 15.6. The summed E-state index contributed by atoms with van der Waals surface area (Å²) in [5.41, 5.74) is 0. The van der Waals surface area contributed by atoms with Crippen molar-refractivity contribution >= 4 is 28.4 Å². The van der Waals surface area contributed by atoms with Crippen molar-refractivity contribution in [3.63, 3.8) is 0 Å². The second kappa shape index (κ2) is 9.06. The molecule has 0 radical (unpaired) electrons. The number of likely N-dealkylation sites (tertiary alicyclic amines) is 1. The lowest BCUT2D eigenvalue weighted by molar-refractivity contribution is -0.132. The molecule has 2 heterocycles. The number of nitrogens with zero attached hydrogens (tertiary/aromatic N) is 3. The summed E-state index contributed by atoms with van der Waals surface area (Å²) >= 11 is 1.73. The van der Waals surface area contributed by atoms with E-state index in [0.29, 0.717) is 12.3 Å². The SMILES string of the molecule is O=C(CCSc1ccccc1)N1CCC(Oc2nncc3ccccc23)CC1. The van der Waals surface area contributed by atoms with Crippen molar-refractivity contribution in [1.82, 2.24) is 15.1 Å². The lowest BCUT2D eigenvalue weighted by atomic mass is 10.1. The Morgan fingerprint density at radius 2 is 1.82 bits per heavy atom. The van der Waals surface area contributed by atoms with Crippen LogP contribution in [0.1, 0.15) is 19.3 Å². The molecule has 144 valence electrons. The van der Waals surface area contributed by atoms with Gasteiger partial charge in [-0.15, -0.1) is 16.9 Å². The smallest absolute Gasteiger partial charge is 0.241 e. The van der Waals surface area contributed by atoms with E-state index in [1.807, 2.05) is 47.4 Å². The minimum absolute atomic E-state index is 0.0721. The summed E-state index contributed by atoms with van der Waals surface area (Å²) in [6, 6.07) is 18.2. The summed E-state index contributed by atoms with van der Waals surface area (Å²) in [7, 11) is 0. The number of aromatic nitrogens is 2. The number of thioether (sulfide) groups is 1. The third kappa shape index (κ3) is 4.62. The summed E-state index contributed by atoms with van der Waals surface area (Å²) in [6.07, 6.45) is 4.03. The number of fused-ring (bicyclic) bond motifs is 1. The van der Waals surface area contributed by atoms with Crippen LogP contribution in [0.15, 0.2) is 65.7 Å². The van der Waals surface area contributed by atoms with Crippen molar-refractivity contribution in [1.29, 1.82) is 0 Å². The first-order chi connectivity index (χ1) is 13.8. The average molecular weight is 394 g/mol. The van der Waals surface area contributed by atoms with Gasteiger partial charge < -0.3 is 9.64 Å². The fourth-order valence-corrected chi connectivity index (χ4v) is 4.26. The molecule has 4 rings (SSSR count). The first-order valence-corrected chi connectivity index (χ1v) is 10.6. The van der Waals surface area contributed by atoms with Gasteiger partial charge in [-0.3, -0.25) is 4.79 Å². The lowest BCUT2D eigenvalue weighted by Crippen LogP contribution is -2.42. The fraction of sp³-hybridized carbons (Fsp3) is 0.318. The van der Waals surface area contributed by atoms with E-state index in [-0.39, 0.29) is 12.0 Å². The van der Waals surface area contributed by atoms with Gasteiger partial charge in [0.2, 0.25) is 11.8 Å². The molecule has 5 nitrogen and oxygen atoms in total. The van der Waals surface area contributed by atoms with Gasteiger partial charge >= 0.3 is 0 Å². The van der Waals surface area contributed by atoms with Gasteiger partial charge in [-0.2, -0.15) is 5.10 Å². The van der Waals surface area contributed by atoms with Crippen LogP contribution in [0.2, 0.25) is 0 Å². The number of amides is 1. The van der Waals surface area contributed by atoms with Gasteiger partial charge in [0.15, 0.2) is 0 Å². The molecule has 0 atom stereocenters. The van der Waals surface area contributed by atoms with Gasteiger partial charge in [0, 0.05) is 53.8 Å². The Labute approximate surface area is 169 Å². The van der Waals surface area contributed by atoms with Crippen LogP contribution in [0.5, 0.6) is 5.88 Å². The first kappa shape index (κ1) is 18.7. The number of rotatable bonds is 6. The van der Waals surface area contributed by atoms with Gasteiger partial charge in [0.05, 0.1) is 6.20 Å². The standard InChI is InChI=1S/C22H23N3O2S/c26-21(12-15-28-19-7-2-1-3-8-19)25-13-10-18(11-14-25)27-22-20-9-5-4-6-17(20)16-23-24-22/h1-9,16,18H,10-15H2. The fourth-order valence-electron chi connectivity index (χ4n) is 3.40. The molecule has 1 fully saturated rings. The summed E-state index contributed by atoms with van der Waals surface area (Å²) in [6.45, 7) is 1.47. The Balaban J connectivity index is 1.25. The minimum atomic E-state index is 0.0721. The molecular weight excluding hydrogens is 370 g/mol. The molecule has 6 heteroatoms. The zero-order chi connectivity index (χ0) is 19.2. The molecule has 3 aromatic rings. The van der Waals surface area contributed by atoms with Crippen molar-refractivity contribution < 1.29 is 9.53 Å². The van der Waals surface area contributed by atoms with Crippen LogP contribution >= 0.6 is 11.8 Å². The van der Waals surface area contributed by atoms with Crippen molar-refractivity contribution in [3.05, 3.63) is 60.8 Å². The lowest BCUT2D eigenvalue weighted by Gasteiger charge is -2.32. The van der Waals surface area contributed by atoms with Crippen LogP contribution in [-0.2, 0) is 4.79 Å². The van der Waals surface area contributed by atoms with Gasteiger partial charge in [-0.1, -0.05) is 36.4 Å². The predicted molar refractivity (Wildman–Crippen MR) is 112 cm³/mol. The molecule has 1 aliphatic heterocycles. The van der Waals surface area contributed by atoms with Crippen molar-refractivity contribution in [2.24, 2.45) is 0 Å². The van der Waals surface area contributed by atoms with E-state index in [1.165, 1.54) is 4.90 Å². The van der Waals surface area contributed by atoms with Gasteiger partial charge in [-0.25, -0.2) is 0 Å². The Kier molecular flexibility index (Phi) is 6.07. The zero-order valence-corrected chi connectivity index (χ0v) is 16.5. The number of piperidine rings is 1. The van der Waals surface area contributed by atoms with Crippen LogP contribution in [0, 0.1) is 0 Å². The van der Waals surface area contributed by atoms with Gasteiger partial charge in [0.25, 0.3) is 0 Å². The number of benzene rings is 2. The van der Waals surface area contributed by atoms with E-state index in [1.54, 1.807) is 18.0 Å². The maximum atomic E-state index is 12.5. The van der Waals surface area contributed by atoms with Crippen LogP contribution in [0.4, 0.5) is 0 Å². The third-order valence-electron chi connectivity index (χ3n) is 4.94. The van der Waals surface area contributed by atoms with Crippen molar-refractivity contribution in [2.75, 3.05) is 18.8 Å². The predicted octanol–water partition coefficient (Wildman–Crippen LogP) is 4.18. The molecule has 1 aromatic heterocycles. The maximum Gasteiger partial charge on any atom is 0.241 e. The molecule has 28 heavy (non-hydrogen) atoms. The minimum Gasteiger partial charge on any atom is -0.473 e. The quantitative estimate of drug-likeness (QED) is 0.588. The van der Waals surface area contributed by atoms with E-state index in [2.05, 4.69) is 22.3 Å². The Morgan fingerprint density at radius 3 is 2.64 bits per heavy atom. The first-order valence-electron chi connectivity index (χ1n) is 9.62. The Morgan fingerprint density at radius 1 is 1.07 bits per heavy atom. The Bertz CT molecular complexity index is 922. The molecule has 0 N–H and O–H groups in total. The van der Waals surface area contributed by atoms with Crippen LogP contribution in [0.25, 0.3) is 10.8 Å². The van der Waals surface area contributed by atoms with Gasteiger partial charge in [-0.05, 0) is 18.2 Å². The highest BCUT2D eigenvalue weighted by Gasteiger charge is 2.24. The zero-order valence-electron chi connectivity index (χ0n) is 15.7. The van der Waals surface area contributed by atoms with Crippen molar-refractivity contribution in [3.8, 4) is 5.88 Å². The highest BCUT2D eigenvalue weighted by Crippen LogP contribution is 2.25. The third-order valence-corrected chi connectivity index (χ3v) is 5.95. The normalized spacial score (nSPS) is 14.9. The van der Waals surface area contributed by atoms with E-state index in [0.717, 1.165) is 42.5 Å². The second-order valence-electron chi connectivity index (χ2n) is 6.85. The van der Waals surface area contributed by atoms with Gasteiger partial charge in [0.1, 0.15) is 6.10 Å². The molecule has 1 saturated heterocycles. The second-order valence-corrected chi connectivity index (χ2v) is 8.01. The Hall–Kier alpha value is -2.60. The highest BCUT2D eigenvalue weighted by molar-refractivity contribution is 7.99. The molecular formula is C22H23N3O2S. The van der Waals surface area contributed by atoms with Crippen molar-refractivity contribution in [2.45, 2.75) is 30.3 Å². The summed E-state index contributed by atoms with van der Waals surface area (Å²) in [5.74, 6) is 1.62. The summed E-state index contributed by atoms with van der Waals surface area (Å²) < 4.78 is 6.12. The number of hydrogen-bond acceptors (Lipinski definition) is 5. The van der Waals surface area contributed by atoms with E-state index in [9.17, 15) is 4.79 Å². The number of carbonyl (C=O) groups is 1. The molecule has 0 aliphatic carbocycles. The van der Waals surface area contributed by atoms with Crippen LogP contribution < -0.4 is 4.74 Å². The van der Waals surface area contributed by atoms with E-state index >= 15 is 0 Å². The van der Waals surface area contributed by atoms with E-state index < -0.39 is 0 Å². The molecule has 0 unspecified atom stereocenters. The molecule has 1 aliphatic rings. The largest absolute Gasteiger partial charge is 0.473 e. The molecule has 0 saturated carbocycles. The van der Waals surface area contributed by atoms with Crippen LogP contribution in [-0.4, -0.2) is 46.0 Å². The maximum absolute atomic E-state index is 12.5. The highest BCUT2D eigenvalue weighted by atomic mass is 32.2. The number of hydrogen-bond donors (Lipinski definition) is 0. The summed E-state index contributed by atoms with van der Waals surface area (Å²) in [5, 5.41) is 10.2. The monoisotopic (exact) mass is 393 g/mol. The average Bonchev–Trinajstić information content (AvgIpc) is 2.75. The molecule has 2 aromatic carbocycles. The number of carbonyl (C=O) groups excluding carboxylic acids is 1.